The minimum absolute atomic E-state index is 0.530. The molecule has 0 unspecified atom stereocenters. The Kier molecular flexibility index (Phi) is 8.75. The molecule has 0 amide bonds. The van der Waals surface area contributed by atoms with Gasteiger partial charge in [0.25, 0.3) is 0 Å². The van der Waals surface area contributed by atoms with Gasteiger partial charge in [0, 0.05) is 27.5 Å². The number of hydrogen-bond donors (Lipinski definition) is 0. The van der Waals surface area contributed by atoms with E-state index in [4.69, 9.17) is 14.4 Å². The average molecular weight is 841 g/mol. The molecule has 3 nitrogen and oxygen atoms in total. The van der Waals surface area contributed by atoms with Gasteiger partial charge in [0.15, 0.2) is 5.82 Å². The molecule has 3 heteroatoms. The standard InChI is InChI=1S/C63H40N2O/c1-3-19-48(20-4-1)63(49-21-5-2-6-22-49)56-27-11-9-24-52(56)53-35-33-46(39-57(53)63)59-40-58(43-31-29-41(30-32-43)44-34-36-61-55(38-44)54-25-10-12-28-60(54)66-61)64-62(65-59)47-18-13-17-45(37-47)51-26-14-16-42-15-7-8-23-50(42)51/h1-40H. The van der Waals surface area contributed by atoms with Crippen molar-refractivity contribution >= 4 is 32.7 Å². The zero-order chi connectivity index (χ0) is 43.6. The van der Waals surface area contributed by atoms with Crippen LogP contribution in [0, 0.1) is 0 Å². The summed E-state index contributed by atoms with van der Waals surface area (Å²) in [7, 11) is 0. The summed E-state index contributed by atoms with van der Waals surface area (Å²) in [6.45, 7) is 0. The topological polar surface area (TPSA) is 38.9 Å². The van der Waals surface area contributed by atoms with E-state index < -0.39 is 5.41 Å². The zero-order valence-electron chi connectivity index (χ0n) is 35.9. The second-order valence-electron chi connectivity index (χ2n) is 17.2. The lowest BCUT2D eigenvalue weighted by Crippen LogP contribution is -2.28. The molecule has 2 aromatic heterocycles. The van der Waals surface area contributed by atoms with Crippen molar-refractivity contribution in [1.29, 1.82) is 0 Å². The van der Waals surface area contributed by atoms with Crippen LogP contribution >= 0.6 is 0 Å². The Hall–Kier alpha value is -8.66. The molecule has 12 aromatic rings. The van der Waals surface area contributed by atoms with Gasteiger partial charge < -0.3 is 4.42 Å². The summed E-state index contributed by atoms with van der Waals surface area (Å²) < 4.78 is 6.15. The molecule has 0 bridgehead atoms. The highest BCUT2D eigenvalue weighted by Crippen LogP contribution is 2.56. The van der Waals surface area contributed by atoms with Gasteiger partial charge in [-0.2, -0.15) is 0 Å². The van der Waals surface area contributed by atoms with E-state index in [0.29, 0.717) is 5.82 Å². The van der Waals surface area contributed by atoms with Gasteiger partial charge in [-0.1, -0.05) is 206 Å². The van der Waals surface area contributed by atoms with Gasteiger partial charge in [-0.3, -0.25) is 0 Å². The minimum atomic E-state index is -0.530. The highest BCUT2D eigenvalue weighted by atomic mass is 16.3. The predicted molar refractivity (Wildman–Crippen MR) is 271 cm³/mol. The Morgan fingerprint density at radius 2 is 0.879 bits per heavy atom. The second kappa shape index (κ2) is 15.3. The van der Waals surface area contributed by atoms with E-state index in [1.165, 1.54) is 49.7 Å². The Balaban J connectivity index is 0.985. The number of aromatic nitrogens is 2. The fourth-order valence-corrected chi connectivity index (χ4v) is 10.5. The lowest BCUT2D eigenvalue weighted by atomic mass is 9.67. The van der Waals surface area contributed by atoms with E-state index in [1.807, 2.05) is 12.1 Å². The number of benzene rings is 10. The minimum Gasteiger partial charge on any atom is -0.456 e. The first kappa shape index (κ1) is 37.9. The van der Waals surface area contributed by atoms with Crippen molar-refractivity contribution in [2.45, 2.75) is 5.41 Å². The van der Waals surface area contributed by atoms with E-state index >= 15 is 0 Å². The molecule has 0 spiro atoms. The third-order valence-electron chi connectivity index (χ3n) is 13.6. The summed E-state index contributed by atoms with van der Waals surface area (Å²) in [6.07, 6.45) is 0. The van der Waals surface area contributed by atoms with Crippen LogP contribution in [0.1, 0.15) is 22.3 Å². The van der Waals surface area contributed by atoms with Crippen LogP contribution in [-0.2, 0) is 5.41 Å². The number of fused-ring (bicyclic) bond motifs is 7. The van der Waals surface area contributed by atoms with E-state index in [1.54, 1.807) is 0 Å². The molecule has 1 aliphatic rings. The molecule has 0 atom stereocenters. The van der Waals surface area contributed by atoms with Crippen LogP contribution in [0.2, 0.25) is 0 Å². The Morgan fingerprint density at radius 1 is 0.303 bits per heavy atom. The summed E-state index contributed by atoms with van der Waals surface area (Å²) >= 11 is 0. The van der Waals surface area contributed by atoms with E-state index in [0.717, 1.165) is 66.7 Å². The molecule has 13 rings (SSSR count). The second-order valence-corrected chi connectivity index (χ2v) is 17.2. The highest BCUT2D eigenvalue weighted by molar-refractivity contribution is 6.06. The SMILES string of the molecule is c1ccc(C2(c3ccccc3)c3ccccc3-c3ccc(-c4cc(-c5ccc(-c6ccc7oc8ccccc8c7c6)cc5)nc(-c5cccc(-c6cccc7ccccc67)c5)n4)cc32)cc1. The summed E-state index contributed by atoms with van der Waals surface area (Å²) in [5, 5.41) is 4.66. The molecule has 2 heterocycles. The van der Waals surface area contributed by atoms with Crippen molar-refractivity contribution < 1.29 is 4.42 Å². The van der Waals surface area contributed by atoms with Crippen molar-refractivity contribution in [2.75, 3.05) is 0 Å². The first-order chi connectivity index (χ1) is 32.7. The number of nitrogens with zero attached hydrogens (tertiary/aromatic N) is 2. The van der Waals surface area contributed by atoms with Crippen LogP contribution in [0.3, 0.4) is 0 Å². The largest absolute Gasteiger partial charge is 0.456 e. The maximum Gasteiger partial charge on any atom is 0.160 e. The van der Waals surface area contributed by atoms with Crippen molar-refractivity contribution in [3.63, 3.8) is 0 Å². The van der Waals surface area contributed by atoms with Gasteiger partial charge in [-0.15, -0.1) is 0 Å². The molecule has 0 saturated heterocycles. The summed E-state index contributed by atoms with van der Waals surface area (Å²) in [6, 6.07) is 87.1. The van der Waals surface area contributed by atoms with Crippen molar-refractivity contribution in [1.82, 2.24) is 9.97 Å². The predicted octanol–water partition coefficient (Wildman–Crippen LogP) is 16.2. The van der Waals surface area contributed by atoms with E-state index in [-0.39, 0.29) is 0 Å². The zero-order valence-corrected chi connectivity index (χ0v) is 35.9. The van der Waals surface area contributed by atoms with Gasteiger partial charge in [0.05, 0.1) is 16.8 Å². The fourth-order valence-electron chi connectivity index (χ4n) is 10.5. The first-order valence-electron chi connectivity index (χ1n) is 22.5. The maximum absolute atomic E-state index is 6.15. The van der Waals surface area contributed by atoms with Crippen LogP contribution in [0.25, 0.3) is 100.0 Å². The van der Waals surface area contributed by atoms with Gasteiger partial charge in [-0.25, -0.2) is 9.97 Å². The third kappa shape index (κ3) is 6.05. The molecule has 0 saturated carbocycles. The molecule has 308 valence electrons. The highest BCUT2D eigenvalue weighted by Gasteiger charge is 2.46. The molecule has 0 radical (unpaired) electrons. The smallest absolute Gasteiger partial charge is 0.160 e. The molecular weight excluding hydrogens is 801 g/mol. The quantitative estimate of drug-likeness (QED) is 0.160. The Morgan fingerprint density at radius 3 is 1.70 bits per heavy atom. The van der Waals surface area contributed by atoms with Crippen molar-refractivity contribution in [2.24, 2.45) is 0 Å². The van der Waals surface area contributed by atoms with Gasteiger partial charge >= 0.3 is 0 Å². The van der Waals surface area contributed by atoms with Crippen LogP contribution in [0.15, 0.2) is 247 Å². The van der Waals surface area contributed by atoms with Crippen molar-refractivity contribution in [3.05, 3.63) is 265 Å². The summed E-state index contributed by atoms with van der Waals surface area (Å²) in [4.78, 5) is 10.8. The monoisotopic (exact) mass is 840 g/mol. The number of hydrogen-bond acceptors (Lipinski definition) is 3. The molecular formula is C63H40N2O. The lowest BCUT2D eigenvalue weighted by molar-refractivity contribution is 0.669. The third-order valence-corrected chi connectivity index (χ3v) is 13.6. The maximum atomic E-state index is 6.15. The summed E-state index contributed by atoms with van der Waals surface area (Å²) in [5.74, 6) is 0.673. The van der Waals surface area contributed by atoms with Crippen LogP contribution in [-0.4, -0.2) is 9.97 Å². The molecule has 66 heavy (non-hydrogen) atoms. The molecule has 0 aliphatic heterocycles. The first-order valence-corrected chi connectivity index (χ1v) is 22.5. The van der Waals surface area contributed by atoms with Crippen molar-refractivity contribution in [3.8, 4) is 67.3 Å². The van der Waals surface area contributed by atoms with Gasteiger partial charge in [0.1, 0.15) is 11.2 Å². The molecule has 0 fully saturated rings. The van der Waals surface area contributed by atoms with E-state index in [9.17, 15) is 0 Å². The van der Waals surface area contributed by atoms with Crippen LogP contribution in [0.4, 0.5) is 0 Å². The Labute approximate surface area is 383 Å². The molecule has 1 aliphatic carbocycles. The number of furan rings is 1. The lowest BCUT2D eigenvalue weighted by Gasteiger charge is -2.34. The summed E-state index contributed by atoms with van der Waals surface area (Å²) in [5.41, 5.74) is 18.0. The average Bonchev–Trinajstić information content (AvgIpc) is 3.92. The fraction of sp³-hybridized carbons (Fsp3) is 0.0159. The Bertz CT molecular complexity index is 3770. The van der Waals surface area contributed by atoms with E-state index in [2.05, 4.69) is 231 Å². The number of para-hydroxylation sites is 1. The van der Waals surface area contributed by atoms with Crippen LogP contribution < -0.4 is 0 Å². The van der Waals surface area contributed by atoms with Gasteiger partial charge in [0.2, 0.25) is 0 Å². The molecule has 10 aromatic carbocycles. The van der Waals surface area contributed by atoms with Crippen LogP contribution in [0.5, 0.6) is 0 Å². The molecule has 0 N–H and O–H groups in total. The normalized spacial score (nSPS) is 12.7. The van der Waals surface area contributed by atoms with Gasteiger partial charge in [-0.05, 0) is 103 Å². The number of rotatable bonds is 7.